The van der Waals surface area contributed by atoms with Gasteiger partial charge >= 0.3 is 5.97 Å². The van der Waals surface area contributed by atoms with Crippen LogP contribution in [0.3, 0.4) is 0 Å². The van der Waals surface area contributed by atoms with E-state index < -0.39 is 5.97 Å². The van der Waals surface area contributed by atoms with Crippen molar-refractivity contribution >= 4 is 17.7 Å². The van der Waals surface area contributed by atoms with Gasteiger partial charge in [0, 0.05) is 16.9 Å². The lowest BCUT2D eigenvalue weighted by Crippen LogP contribution is -2.34. The molecule has 1 fully saturated rings. The highest BCUT2D eigenvalue weighted by Crippen LogP contribution is 2.39. The van der Waals surface area contributed by atoms with Crippen LogP contribution in [0, 0.1) is 6.92 Å². The standard InChI is InChI=1S/C14H21NO3S/c1-10-7-11(18-12(10)13(16)17)8-15-9-14(19-2)5-3-4-6-14/h7,15H,3-6,8-9H2,1-2H3,(H,16,17). The Morgan fingerprint density at radius 1 is 1.53 bits per heavy atom. The molecule has 0 saturated heterocycles. The Balaban J connectivity index is 1.89. The molecular formula is C14H21NO3S. The van der Waals surface area contributed by atoms with Gasteiger partial charge < -0.3 is 14.8 Å². The second-order valence-electron chi connectivity index (χ2n) is 5.23. The Labute approximate surface area is 117 Å². The molecule has 5 heteroatoms. The SMILES string of the molecule is CSC1(CNCc2cc(C)c(C(=O)O)o2)CCCC1. The van der Waals surface area contributed by atoms with E-state index in [4.69, 9.17) is 9.52 Å². The summed E-state index contributed by atoms with van der Waals surface area (Å²) in [7, 11) is 0. The molecule has 0 atom stereocenters. The van der Waals surface area contributed by atoms with Gasteiger partial charge in [-0.2, -0.15) is 11.8 Å². The number of carboxylic acid groups (broad SMARTS) is 1. The molecule has 2 N–H and O–H groups in total. The molecule has 0 radical (unpaired) electrons. The minimum Gasteiger partial charge on any atom is -0.475 e. The van der Waals surface area contributed by atoms with Crippen LogP contribution in [0.4, 0.5) is 0 Å². The molecular weight excluding hydrogens is 262 g/mol. The van der Waals surface area contributed by atoms with Crippen molar-refractivity contribution < 1.29 is 14.3 Å². The number of furan rings is 1. The highest BCUT2D eigenvalue weighted by molar-refractivity contribution is 8.00. The second-order valence-corrected chi connectivity index (χ2v) is 6.50. The molecule has 1 aromatic rings. The van der Waals surface area contributed by atoms with Gasteiger partial charge in [0.1, 0.15) is 5.76 Å². The Morgan fingerprint density at radius 2 is 2.21 bits per heavy atom. The fourth-order valence-corrected chi connectivity index (χ4v) is 3.68. The average Bonchev–Trinajstić information content (AvgIpc) is 2.97. The summed E-state index contributed by atoms with van der Waals surface area (Å²) in [6, 6.07) is 1.80. The van der Waals surface area contributed by atoms with Gasteiger partial charge in [0.2, 0.25) is 5.76 Å². The van der Waals surface area contributed by atoms with Gasteiger partial charge in [-0.15, -0.1) is 0 Å². The third-order valence-corrected chi connectivity index (χ3v) is 5.28. The maximum atomic E-state index is 10.9. The van der Waals surface area contributed by atoms with E-state index in [2.05, 4.69) is 11.6 Å². The van der Waals surface area contributed by atoms with Gasteiger partial charge in [0.15, 0.2) is 0 Å². The molecule has 4 nitrogen and oxygen atoms in total. The highest BCUT2D eigenvalue weighted by Gasteiger charge is 2.32. The van der Waals surface area contributed by atoms with Crippen molar-refractivity contribution in [2.24, 2.45) is 0 Å². The maximum absolute atomic E-state index is 10.9. The van der Waals surface area contributed by atoms with E-state index in [9.17, 15) is 4.79 Å². The van der Waals surface area contributed by atoms with Gasteiger partial charge in [0.05, 0.1) is 6.54 Å². The van der Waals surface area contributed by atoms with E-state index in [0.717, 1.165) is 6.54 Å². The smallest absolute Gasteiger partial charge is 0.372 e. The van der Waals surface area contributed by atoms with E-state index in [1.54, 1.807) is 13.0 Å². The summed E-state index contributed by atoms with van der Waals surface area (Å²) < 4.78 is 5.70. The fraction of sp³-hybridized carbons (Fsp3) is 0.643. The zero-order chi connectivity index (χ0) is 13.9. The number of nitrogens with one attached hydrogen (secondary N) is 1. The summed E-state index contributed by atoms with van der Waals surface area (Å²) >= 11 is 1.94. The van der Waals surface area contributed by atoms with E-state index in [1.165, 1.54) is 25.7 Å². The van der Waals surface area contributed by atoms with Crippen LogP contribution in [0.2, 0.25) is 0 Å². The van der Waals surface area contributed by atoms with Crippen molar-refractivity contribution in [2.45, 2.75) is 43.9 Å². The first-order valence-corrected chi connectivity index (χ1v) is 7.87. The Bertz CT molecular complexity index is 450. The summed E-state index contributed by atoms with van der Waals surface area (Å²) in [5.41, 5.74) is 0.685. The van der Waals surface area contributed by atoms with E-state index in [0.29, 0.717) is 22.6 Å². The molecule has 1 saturated carbocycles. The van der Waals surface area contributed by atoms with Crippen molar-refractivity contribution in [3.63, 3.8) is 0 Å². The monoisotopic (exact) mass is 283 g/mol. The molecule has 19 heavy (non-hydrogen) atoms. The van der Waals surface area contributed by atoms with Crippen LogP contribution in [0.5, 0.6) is 0 Å². The number of thioether (sulfide) groups is 1. The van der Waals surface area contributed by atoms with Crippen LogP contribution in [0.15, 0.2) is 10.5 Å². The van der Waals surface area contributed by atoms with Gasteiger partial charge in [0.25, 0.3) is 0 Å². The number of carboxylic acids is 1. The van der Waals surface area contributed by atoms with Crippen LogP contribution < -0.4 is 5.32 Å². The zero-order valence-corrected chi connectivity index (χ0v) is 12.3. The van der Waals surface area contributed by atoms with E-state index in [-0.39, 0.29) is 5.76 Å². The molecule has 1 heterocycles. The first-order valence-electron chi connectivity index (χ1n) is 6.65. The van der Waals surface area contributed by atoms with Crippen molar-refractivity contribution in [1.82, 2.24) is 5.32 Å². The van der Waals surface area contributed by atoms with Gasteiger partial charge in [-0.1, -0.05) is 12.8 Å². The number of aryl methyl sites for hydroxylation is 1. The van der Waals surface area contributed by atoms with Gasteiger partial charge in [-0.05, 0) is 32.1 Å². The first-order chi connectivity index (χ1) is 9.06. The summed E-state index contributed by atoms with van der Waals surface area (Å²) in [5.74, 6) is -0.249. The van der Waals surface area contributed by atoms with Crippen LogP contribution in [0.1, 0.15) is 47.6 Å². The fourth-order valence-electron chi connectivity index (χ4n) is 2.73. The molecule has 0 aromatic carbocycles. The van der Waals surface area contributed by atoms with Gasteiger partial charge in [-0.3, -0.25) is 0 Å². The molecule has 0 amide bonds. The third-order valence-electron chi connectivity index (χ3n) is 3.86. The quantitative estimate of drug-likeness (QED) is 0.840. The largest absolute Gasteiger partial charge is 0.475 e. The predicted molar refractivity (Wildman–Crippen MR) is 76.8 cm³/mol. The molecule has 2 rings (SSSR count). The molecule has 106 valence electrons. The van der Waals surface area contributed by atoms with Crippen molar-refractivity contribution in [2.75, 3.05) is 12.8 Å². The lowest BCUT2D eigenvalue weighted by atomic mass is 10.1. The van der Waals surface area contributed by atoms with Crippen molar-refractivity contribution in [3.05, 3.63) is 23.2 Å². The number of hydrogen-bond acceptors (Lipinski definition) is 4. The highest BCUT2D eigenvalue weighted by atomic mass is 32.2. The predicted octanol–water partition coefficient (Wildman–Crippen LogP) is 3.05. The number of rotatable bonds is 6. The molecule has 1 aliphatic rings. The topological polar surface area (TPSA) is 62.5 Å². The summed E-state index contributed by atoms with van der Waals surface area (Å²) in [5, 5.41) is 12.3. The Morgan fingerprint density at radius 3 is 2.74 bits per heavy atom. The number of aromatic carboxylic acids is 1. The number of carbonyl (C=O) groups is 1. The van der Waals surface area contributed by atoms with Crippen LogP contribution in [0.25, 0.3) is 0 Å². The average molecular weight is 283 g/mol. The molecule has 0 aliphatic heterocycles. The molecule has 0 bridgehead atoms. The lowest BCUT2D eigenvalue weighted by molar-refractivity contribution is 0.0659. The zero-order valence-electron chi connectivity index (χ0n) is 11.5. The van der Waals surface area contributed by atoms with Crippen molar-refractivity contribution in [1.29, 1.82) is 0 Å². The van der Waals surface area contributed by atoms with Crippen LogP contribution in [-0.2, 0) is 6.54 Å². The minimum absolute atomic E-state index is 0.0530. The molecule has 1 aliphatic carbocycles. The minimum atomic E-state index is -1.000. The second kappa shape index (κ2) is 6.01. The third kappa shape index (κ3) is 3.34. The summed E-state index contributed by atoms with van der Waals surface area (Å²) in [6.45, 7) is 3.31. The number of hydrogen-bond donors (Lipinski definition) is 2. The van der Waals surface area contributed by atoms with Crippen LogP contribution >= 0.6 is 11.8 Å². The van der Waals surface area contributed by atoms with E-state index >= 15 is 0 Å². The first kappa shape index (κ1) is 14.5. The Hall–Kier alpha value is -0.940. The molecule has 0 unspecified atom stereocenters. The van der Waals surface area contributed by atoms with E-state index in [1.807, 2.05) is 11.8 Å². The summed E-state index contributed by atoms with van der Waals surface area (Å²) in [6.07, 6.45) is 7.32. The maximum Gasteiger partial charge on any atom is 0.372 e. The normalized spacial score (nSPS) is 17.8. The lowest BCUT2D eigenvalue weighted by Gasteiger charge is -2.26. The van der Waals surface area contributed by atoms with Crippen molar-refractivity contribution in [3.8, 4) is 0 Å². The molecule has 1 aromatic heterocycles. The molecule has 0 spiro atoms. The summed E-state index contributed by atoms with van der Waals surface area (Å²) in [4.78, 5) is 10.9. The Kier molecular flexibility index (Phi) is 4.58. The van der Waals surface area contributed by atoms with Gasteiger partial charge in [-0.25, -0.2) is 4.79 Å². The van der Waals surface area contributed by atoms with Crippen LogP contribution in [-0.4, -0.2) is 28.6 Å².